The number of anilines is 1. The zero-order chi connectivity index (χ0) is 13.2. The number of ether oxygens (including phenoxy) is 1. The summed E-state index contributed by atoms with van der Waals surface area (Å²) < 4.78 is 55.2. The van der Waals surface area contributed by atoms with Gasteiger partial charge in [-0.2, -0.15) is 13.2 Å². The van der Waals surface area contributed by atoms with Gasteiger partial charge in [-0.3, -0.25) is 0 Å². The standard InChI is InChI=1S/C10H9F4NO2/c1-2-17-9(16)7-5(10(12,13)14)3-4-6(11)8(7)15/h3-4H,2,15H2,1H3. The van der Waals surface area contributed by atoms with Crippen LogP contribution in [0.15, 0.2) is 12.1 Å². The molecule has 0 heterocycles. The maximum absolute atomic E-state index is 13.0. The van der Waals surface area contributed by atoms with E-state index in [1.54, 1.807) is 0 Å². The van der Waals surface area contributed by atoms with Crippen molar-refractivity contribution in [1.82, 2.24) is 0 Å². The van der Waals surface area contributed by atoms with Crippen molar-refractivity contribution in [3.05, 3.63) is 29.1 Å². The van der Waals surface area contributed by atoms with Crippen molar-refractivity contribution in [2.24, 2.45) is 0 Å². The number of nitrogen functional groups attached to an aromatic ring is 1. The maximum Gasteiger partial charge on any atom is 0.417 e. The Labute approximate surface area is 94.2 Å². The molecule has 0 saturated carbocycles. The molecule has 1 aromatic carbocycles. The van der Waals surface area contributed by atoms with E-state index in [-0.39, 0.29) is 6.61 Å². The normalized spacial score (nSPS) is 11.4. The van der Waals surface area contributed by atoms with E-state index < -0.39 is 34.8 Å². The number of hydrogen-bond acceptors (Lipinski definition) is 3. The summed E-state index contributed by atoms with van der Waals surface area (Å²) in [6.45, 7) is 1.28. The molecule has 1 rings (SSSR count). The molecule has 0 saturated heterocycles. The second-order valence-electron chi connectivity index (χ2n) is 3.10. The van der Waals surface area contributed by atoms with Crippen molar-refractivity contribution < 1.29 is 27.1 Å². The summed E-state index contributed by atoms with van der Waals surface area (Å²) in [7, 11) is 0. The second-order valence-corrected chi connectivity index (χ2v) is 3.10. The van der Waals surface area contributed by atoms with Crippen molar-refractivity contribution >= 4 is 11.7 Å². The highest BCUT2D eigenvalue weighted by Gasteiger charge is 2.37. The number of carbonyl (C=O) groups excluding carboxylic acids is 1. The predicted octanol–water partition coefficient (Wildman–Crippen LogP) is 2.60. The van der Waals surface area contributed by atoms with Gasteiger partial charge in [0.1, 0.15) is 5.82 Å². The summed E-state index contributed by atoms with van der Waals surface area (Å²) in [6.07, 6.45) is -4.80. The summed E-state index contributed by atoms with van der Waals surface area (Å²) in [5.41, 5.74) is 1.98. The molecule has 0 fully saturated rings. The Balaban J connectivity index is 3.42. The monoisotopic (exact) mass is 251 g/mol. The van der Waals surface area contributed by atoms with Gasteiger partial charge in [-0.1, -0.05) is 0 Å². The van der Waals surface area contributed by atoms with Crippen molar-refractivity contribution in [3.63, 3.8) is 0 Å². The van der Waals surface area contributed by atoms with Gasteiger partial charge in [0.15, 0.2) is 0 Å². The lowest BCUT2D eigenvalue weighted by Crippen LogP contribution is -2.18. The predicted molar refractivity (Wildman–Crippen MR) is 51.8 cm³/mol. The summed E-state index contributed by atoms with van der Waals surface area (Å²) in [4.78, 5) is 11.3. The molecule has 94 valence electrons. The first-order valence-electron chi connectivity index (χ1n) is 4.61. The molecule has 0 aliphatic carbocycles. The van der Waals surface area contributed by atoms with Crippen LogP contribution in [0.5, 0.6) is 0 Å². The molecule has 0 aliphatic rings. The number of nitrogens with two attached hydrogens (primary N) is 1. The van der Waals surface area contributed by atoms with Crippen molar-refractivity contribution in [3.8, 4) is 0 Å². The molecule has 0 aliphatic heterocycles. The van der Waals surface area contributed by atoms with Gasteiger partial charge in [0, 0.05) is 0 Å². The first kappa shape index (κ1) is 13.3. The Kier molecular flexibility index (Phi) is 3.59. The first-order valence-corrected chi connectivity index (χ1v) is 4.61. The Hall–Kier alpha value is -1.79. The molecule has 7 heteroatoms. The molecule has 0 aromatic heterocycles. The van der Waals surface area contributed by atoms with E-state index in [1.165, 1.54) is 6.92 Å². The van der Waals surface area contributed by atoms with Crippen molar-refractivity contribution in [2.75, 3.05) is 12.3 Å². The van der Waals surface area contributed by atoms with Crippen LogP contribution in [0.3, 0.4) is 0 Å². The molecular weight excluding hydrogens is 242 g/mol. The van der Waals surface area contributed by atoms with E-state index in [0.29, 0.717) is 12.1 Å². The zero-order valence-corrected chi connectivity index (χ0v) is 8.77. The van der Waals surface area contributed by atoms with Crippen LogP contribution in [-0.4, -0.2) is 12.6 Å². The molecule has 0 radical (unpaired) electrons. The van der Waals surface area contributed by atoms with E-state index in [1.807, 2.05) is 0 Å². The number of alkyl halides is 3. The van der Waals surface area contributed by atoms with Crippen molar-refractivity contribution in [2.45, 2.75) is 13.1 Å². The lowest BCUT2D eigenvalue weighted by molar-refractivity contribution is -0.138. The molecule has 0 unspecified atom stereocenters. The Morgan fingerprint density at radius 1 is 1.41 bits per heavy atom. The number of carbonyl (C=O) groups is 1. The molecule has 2 N–H and O–H groups in total. The van der Waals surface area contributed by atoms with Gasteiger partial charge in [-0.05, 0) is 19.1 Å². The number of hydrogen-bond donors (Lipinski definition) is 1. The third kappa shape index (κ3) is 2.66. The quantitative estimate of drug-likeness (QED) is 0.499. The highest BCUT2D eigenvalue weighted by molar-refractivity contribution is 5.97. The average Bonchev–Trinajstić information content (AvgIpc) is 2.20. The fourth-order valence-electron chi connectivity index (χ4n) is 1.25. The van der Waals surface area contributed by atoms with Gasteiger partial charge in [-0.25, -0.2) is 9.18 Å². The third-order valence-electron chi connectivity index (χ3n) is 1.98. The molecular formula is C10H9F4NO2. The highest BCUT2D eigenvalue weighted by atomic mass is 19.4. The van der Waals surface area contributed by atoms with Crippen LogP contribution < -0.4 is 5.73 Å². The molecule has 0 atom stereocenters. The van der Waals surface area contributed by atoms with Gasteiger partial charge in [0.05, 0.1) is 23.4 Å². The Morgan fingerprint density at radius 3 is 2.47 bits per heavy atom. The van der Waals surface area contributed by atoms with E-state index >= 15 is 0 Å². The lowest BCUT2D eigenvalue weighted by Gasteiger charge is -2.14. The average molecular weight is 251 g/mol. The topological polar surface area (TPSA) is 52.3 Å². The molecule has 0 amide bonds. The smallest absolute Gasteiger partial charge is 0.417 e. The second kappa shape index (κ2) is 4.60. The number of halogens is 4. The van der Waals surface area contributed by atoms with Crippen LogP contribution in [-0.2, 0) is 10.9 Å². The highest BCUT2D eigenvalue weighted by Crippen LogP contribution is 2.35. The fraction of sp³-hybridized carbons (Fsp3) is 0.300. The molecule has 0 spiro atoms. The molecule has 0 bridgehead atoms. The van der Waals surface area contributed by atoms with Gasteiger partial charge in [0.25, 0.3) is 0 Å². The van der Waals surface area contributed by atoms with E-state index in [0.717, 1.165) is 0 Å². The van der Waals surface area contributed by atoms with E-state index in [2.05, 4.69) is 4.74 Å². The Bertz CT molecular complexity index is 443. The van der Waals surface area contributed by atoms with Gasteiger partial charge in [0.2, 0.25) is 0 Å². The SMILES string of the molecule is CCOC(=O)c1c(C(F)(F)F)ccc(F)c1N. The zero-order valence-electron chi connectivity index (χ0n) is 8.77. The van der Waals surface area contributed by atoms with Crippen LogP contribution in [0.1, 0.15) is 22.8 Å². The maximum atomic E-state index is 13.0. The van der Waals surface area contributed by atoms with Crippen LogP contribution >= 0.6 is 0 Å². The van der Waals surface area contributed by atoms with Gasteiger partial charge >= 0.3 is 12.1 Å². The molecule has 1 aromatic rings. The molecule has 3 nitrogen and oxygen atoms in total. The van der Waals surface area contributed by atoms with Crippen LogP contribution in [0, 0.1) is 5.82 Å². The lowest BCUT2D eigenvalue weighted by atomic mass is 10.0. The summed E-state index contributed by atoms with van der Waals surface area (Å²) in [6, 6.07) is 1.01. The van der Waals surface area contributed by atoms with Crippen LogP contribution in [0.25, 0.3) is 0 Å². The summed E-state index contributed by atoms with van der Waals surface area (Å²) in [5.74, 6) is -2.39. The van der Waals surface area contributed by atoms with E-state index in [9.17, 15) is 22.4 Å². The summed E-state index contributed by atoms with van der Waals surface area (Å²) in [5, 5.41) is 0. The number of benzene rings is 1. The van der Waals surface area contributed by atoms with E-state index in [4.69, 9.17) is 5.73 Å². The Morgan fingerprint density at radius 2 is 2.00 bits per heavy atom. The van der Waals surface area contributed by atoms with Crippen LogP contribution in [0.4, 0.5) is 23.2 Å². The van der Waals surface area contributed by atoms with Gasteiger partial charge < -0.3 is 10.5 Å². The number of esters is 1. The fourth-order valence-corrected chi connectivity index (χ4v) is 1.25. The summed E-state index contributed by atoms with van der Waals surface area (Å²) >= 11 is 0. The van der Waals surface area contributed by atoms with Gasteiger partial charge in [-0.15, -0.1) is 0 Å². The minimum absolute atomic E-state index is 0.133. The van der Waals surface area contributed by atoms with Crippen LogP contribution in [0.2, 0.25) is 0 Å². The van der Waals surface area contributed by atoms with Crippen molar-refractivity contribution in [1.29, 1.82) is 0 Å². The largest absolute Gasteiger partial charge is 0.462 e. The molecule has 17 heavy (non-hydrogen) atoms. The minimum Gasteiger partial charge on any atom is -0.462 e. The third-order valence-corrected chi connectivity index (χ3v) is 1.98. The number of rotatable bonds is 2. The first-order chi connectivity index (χ1) is 7.79. The minimum atomic E-state index is -4.80.